The number of amidine groups is 1. The van der Waals surface area contributed by atoms with E-state index in [0.29, 0.717) is 16.3 Å². The number of hydrogen-bond acceptors (Lipinski definition) is 3. The van der Waals surface area contributed by atoms with Gasteiger partial charge in [0.05, 0.1) is 10.7 Å². The van der Waals surface area contributed by atoms with Gasteiger partial charge in [-0.3, -0.25) is 0 Å². The van der Waals surface area contributed by atoms with Gasteiger partial charge in [-0.05, 0) is 24.3 Å². The first-order chi connectivity index (χ1) is 9.08. The number of nitrogens with one attached hydrogen (secondary N) is 1. The number of halogens is 1. The molecule has 0 spiro atoms. The van der Waals surface area contributed by atoms with E-state index in [4.69, 9.17) is 11.6 Å². The summed E-state index contributed by atoms with van der Waals surface area (Å²) in [5.41, 5.74) is 1.06. The molecule has 19 heavy (non-hydrogen) atoms. The number of nitrogens with zero attached hydrogens (tertiary/aromatic N) is 1. The molecule has 1 aliphatic rings. The fraction of sp³-hybridized carbons (Fsp3) is 0. The summed E-state index contributed by atoms with van der Waals surface area (Å²) in [7, 11) is -3.69. The lowest BCUT2D eigenvalue weighted by atomic mass is 10.2. The van der Waals surface area contributed by atoms with Crippen molar-refractivity contribution in [1.82, 2.24) is 0 Å². The molecule has 1 aliphatic heterocycles. The van der Waals surface area contributed by atoms with E-state index in [1.54, 1.807) is 42.5 Å². The average Bonchev–Trinajstić information content (AvgIpc) is 2.38. The van der Waals surface area contributed by atoms with Crippen molar-refractivity contribution in [3.63, 3.8) is 0 Å². The molecule has 0 atom stereocenters. The van der Waals surface area contributed by atoms with Crippen LogP contribution in [0.1, 0.15) is 5.56 Å². The second-order valence-electron chi connectivity index (χ2n) is 4.02. The summed E-state index contributed by atoms with van der Waals surface area (Å²) in [6, 6.07) is 13.6. The first kappa shape index (κ1) is 12.2. The molecule has 3 rings (SSSR count). The van der Waals surface area contributed by atoms with Crippen LogP contribution in [0.4, 0.5) is 5.69 Å². The van der Waals surface area contributed by atoms with Gasteiger partial charge in [-0.25, -0.2) is 0 Å². The summed E-state index contributed by atoms with van der Waals surface area (Å²) in [5.74, 6) is 0.240. The maximum absolute atomic E-state index is 12.1. The molecule has 1 heterocycles. The molecular formula is C13H9ClN2O2S. The van der Waals surface area contributed by atoms with Gasteiger partial charge in [0.2, 0.25) is 0 Å². The van der Waals surface area contributed by atoms with Crippen LogP contribution in [0.15, 0.2) is 57.8 Å². The zero-order valence-corrected chi connectivity index (χ0v) is 11.2. The van der Waals surface area contributed by atoms with Gasteiger partial charge in [-0.1, -0.05) is 35.9 Å². The standard InChI is InChI=1S/C13H9ClN2O2S/c14-10-6-2-1-5-9(10)13-15-11-7-3-4-8-12(11)19(17,18)16-13/h1-8H,(H,15,16). The summed E-state index contributed by atoms with van der Waals surface area (Å²) in [4.78, 5) is 0.172. The number of hydrogen-bond donors (Lipinski definition) is 1. The predicted octanol–water partition coefficient (Wildman–Crippen LogP) is 2.90. The highest BCUT2D eigenvalue weighted by Crippen LogP contribution is 2.29. The van der Waals surface area contributed by atoms with Crippen LogP contribution >= 0.6 is 11.6 Å². The van der Waals surface area contributed by atoms with Crippen LogP contribution in [0.2, 0.25) is 5.02 Å². The van der Waals surface area contributed by atoms with Crippen molar-refractivity contribution < 1.29 is 8.42 Å². The van der Waals surface area contributed by atoms with Gasteiger partial charge < -0.3 is 5.32 Å². The van der Waals surface area contributed by atoms with E-state index in [-0.39, 0.29) is 10.7 Å². The van der Waals surface area contributed by atoms with E-state index in [2.05, 4.69) is 9.71 Å². The highest BCUT2D eigenvalue weighted by Gasteiger charge is 2.25. The minimum atomic E-state index is -3.69. The first-order valence-corrected chi connectivity index (χ1v) is 7.36. The van der Waals surface area contributed by atoms with Gasteiger partial charge in [0.1, 0.15) is 4.90 Å². The molecule has 0 radical (unpaired) electrons. The minimum absolute atomic E-state index is 0.172. The molecule has 0 amide bonds. The number of fused-ring (bicyclic) bond motifs is 1. The second-order valence-corrected chi connectivity index (χ2v) is 6.00. The lowest BCUT2D eigenvalue weighted by Gasteiger charge is -2.18. The molecule has 0 unspecified atom stereocenters. The second kappa shape index (κ2) is 4.36. The Kier molecular flexibility index (Phi) is 2.80. The molecule has 96 valence electrons. The molecule has 0 bridgehead atoms. The Hall–Kier alpha value is -1.85. The topological polar surface area (TPSA) is 58.5 Å². The zero-order chi connectivity index (χ0) is 13.5. The van der Waals surface area contributed by atoms with Gasteiger partial charge in [0, 0.05) is 5.56 Å². The molecule has 2 aromatic carbocycles. The van der Waals surface area contributed by atoms with Gasteiger partial charge in [-0.15, -0.1) is 4.40 Å². The lowest BCUT2D eigenvalue weighted by molar-refractivity contribution is 0.598. The molecule has 0 saturated heterocycles. The SMILES string of the molecule is O=S1(=O)N=C(c2ccccc2Cl)Nc2ccccc21. The Balaban J connectivity index is 2.19. The van der Waals surface area contributed by atoms with Crippen LogP contribution in [0.3, 0.4) is 0 Å². The first-order valence-electron chi connectivity index (χ1n) is 5.54. The molecule has 0 fully saturated rings. The molecule has 2 aromatic rings. The van der Waals surface area contributed by atoms with Gasteiger partial charge in [0.15, 0.2) is 5.84 Å². The maximum Gasteiger partial charge on any atom is 0.286 e. The monoisotopic (exact) mass is 292 g/mol. The summed E-state index contributed by atoms with van der Waals surface area (Å²) in [6.07, 6.45) is 0. The molecule has 4 nitrogen and oxygen atoms in total. The number of benzene rings is 2. The average molecular weight is 293 g/mol. The van der Waals surface area contributed by atoms with Crippen molar-refractivity contribution in [2.45, 2.75) is 4.90 Å². The van der Waals surface area contributed by atoms with Crippen LogP contribution in [0.5, 0.6) is 0 Å². The van der Waals surface area contributed by atoms with Crippen molar-refractivity contribution in [2.75, 3.05) is 5.32 Å². The summed E-state index contributed by atoms with van der Waals surface area (Å²) >= 11 is 6.06. The van der Waals surface area contributed by atoms with Crippen molar-refractivity contribution in [3.05, 3.63) is 59.1 Å². The van der Waals surface area contributed by atoms with Crippen molar-refractivity contribution in [2.24, 2.45) is 4.40 Å². The third kappa shape index (κ3) is 2.11. The van der Waals surface area contributed by atoms with Crippen LogP contribution in [0, 0.1) is 0 Å². The summed E-state index contributed by atoms with van der Waals surface area (Å²) < 4.78 is 28.0. The van der Waals surface area contributed by atoms with Crippen LogP contribution in [-0.4, -0.2) is 14.3 Å². The summed E-state index contributed by atoms with van der Waals surface area (Å²) in [5, 5.41) is 3.44. The number of anilines is 1. The van der Waals surface area contributed by atoms with E-state index in [1.807, 2.05) is 0 Å². The lowest BCUT2D eigenvalue weighted by Crippen LogP contribution is -2.22. The fourth-order valence-corrected chi connectivity index (χ4v) is 3.24. The fourth-order valence-electron chi connectivity index (χ4n) is 1.88. The van der Waals surface area contributed by atoms with Gasteiger partial charge >= 0.3 is 0 Å². The Morgan fingerprint density at radius 3 is 2.47 bits per heavy atom. The van der Waals surface area contributed by atoms with Crippen molar-refractivity contribution in [3.8, 4) is 0 Å². The van der Waals surface area contributed by atoms with E-state index < -0.39 is 10.0 Å². The molecular weight excluding hydrogens is 284 g/mol. The number of para-hydroxylation sites is 1. The third-order valence-electron chi connectivity index (χ3n) is 2.76. The Morgan fingerprint density at radius 2 is 1.68 bits per heavy atom. The van der Waals surface area contributed by atoms with Crippen LogP contribution < -0.4 is 5.32 Å². The van der Waals surface area contributed by atoms with Crippen LogP contribution in [0.25, 0.3) is 0 Å². The number of rotatable bonds is 1. The molecule has 0 saturated carbocycles. The molecule has 1 N–H and O–H groups in total. The molecule has 0 aliphatic carbocycles. The highest BCUT2D eigenvalue weighted by molar-refractivity contribution is 7.90. The molecule has 6 heteroatoms. The van der Waals surface area contributed by atoms with Gasteiger partial charge in [0.25, 0.3) is 10.0 Å². The zero-order valence-electron chi connectivity index (χ0n) is 9.67. The van der Waals surface area contributed by atoms with Crippen molar-refractivity contribution in [1.29, 1.82) is 0 Å². The quantitative estimate of drug-likeness (QED) is 0.879. The Bertz CT molecular complexity index is 785. The van der Waals surface area contributed by atoms with E-state index in [9.17, 15) is 8.42 Å². The Morgan fingerprint density at radius 1 is 1.00 bits per heavy atom. The molecule has 0 aromatic heterocycles. The number of sulfonamides is 1. The highest BCUT2D eigenvalue weighted by atomic mass is 35.5. The Labute approximate surface area is 115 Å². The van der Waals surface area contributed by atoms with E-state index >= 15 is 0 Å². The largest absolute Gasteiger partial charge is 0.338 e. The summed E-state index contributed by atoms with van der Waals surface area (Å²) in [6.45, 7) is 0. The third-order valence-corrected chi connectivity index (χ3v) is 4.42. The minimum Gasteiger partial charge on any atom is -0.338 e. The van der Waals surface area contributed by atoms with Gasteiger partial charge in [-0.2, -0.15) is 8.42 Å². The maximum atomic E-state index is 12.1. The van der Waals surface area contributed by atoms with E-state index in [1.165, 1.54) is 6.07 Å². The normalized spacial score (nSPS) is 16.2. The predicted molar refractivity (Wildman–Crippen MR) is 75.2 cm³/mol. The smallest absolute Gasteiger partial charge is 0.286 e. The van der Waals surface area contributed by atoms with E-state index in [0.717, 1.165) is 0 Å². The van der Waals surface area contributed by atoms with Crippen molar-refractivity contribution >= 4 is 33.1 Å². The van der Waals surface area contributed by atoms with Crippen LogP contribution in [-0.2, 0) is 10.0 Å².